The Balaban J connectivity index is 1.32. The lowest BCUT2D eigenvalue weighted by atomic mass is 10.0. The van der Waals surface area contributed by atoms with E-state index >= 15 is 0 Å². The van der Waals surface area contributed by atoms with Crippen LogP contribution in [0.5, 0.6) is 23.0 Å². The molecule has 2 aliphatic heterocycles. The van der Waals surface area contributed by atoms with Crippen LogP contribution < -0.4 is 29.2 Å². The average molecular weight is 472 g/mol. The number of nitrogens with one attached hydrogen (secondary N) is 2. The van der Waals surface area contributed by atoms with Crippen LogP contribution in [0.4, 0.5) is 0 Å². The van der Waals surface area contributed by atoms with Crippen LogP contribution in [-0.2, 0) is 4.79 Å². The largest absolute Gasteiger partial charge is 0.497 e. The zero-order valence-electron chi connectivity index (χ0n) is 19.8. The summed E-state index contributed by atoms with van der Waals surface area (Å²) in [5.41, 5.74) is 0.719. The summed E-state index contributed by atoms with van der Waals surface area (Å²) in [6.45, 7) is 4.26. The number of fused-ring (bicyclic) bond motifs is 1. The molecule has 184 valence electrons. The monoisotopic (exact) mass is 471 g/mol. The van der Waals surface area contributed by atoms with E-state index < -0.39 is 6.10 Å². The zero-order valence-corrected chi connectivity index (χ0v) is 19.8. The highest BCUT2D eigenvalue weighted by molar-refractivity contribution is 5.76. The van der Waals surface area contributed by atoms with Crippen LogP contribution in [0.1, 0.15) is 37.4 Å². The number of ether oxygens (including phenoxy) is 4. The third-order valence-corrected chi connectivity index (χ3v) is 6.33. The Hall–Kier alpha value is -2.97. The van der Waals surface area contributed by atoms with Crippen molar-refractivity contribution in [2.45, 2.75) is 37.8 Å². The van der Waals surface area contributed by atoms with E-state index in [4.69, 9.17) is 18.9 Å². The van der Waals surface area contributed by atoms with Gasteiger partial charge in [0.05, 0.1) is 26.8 Å². The quantitative estimate of drug-likeness (QED) is 0.431. The number of quaternary nitrogens is 1. The lowest BCUT2D eigenvalue weighted by Gasteiger charge is -2.27. The van der Waals surface area contributed by atoms with Crippen LogP contribution >= 0.6 is 0 Å². The number of aliphatic hydroxyl groups is 1. The summed E-state index contributed by atoms with van der Waals surface area (Å²) >= 11 is 0. The summed E-state index contributed by atoms with van der Waals surface area (Å²) in [4.78, 5) is 14.1. The van der Waals surface area contributed by atoms with Gasteiger partial charge in [-0.3, -0.25) is 4.79 Å². The molecular formula is C26H35N2O6+. The van der Waals surface area contributed by atoms with Crippen molar-refractivity contribution in [3.63, 3.8) is 0 Å². The summed E-state index contributed by atoms with van der Waals surface area (Å²) in [5.74, 6) is 2.75. The Bertz CT molecular complexity index is 929. The average Bonchev–Trinajstić information content (AvgIpc) is 3.39. The van der Waals surface area contributed by atoms with E-state index in [1.165, 1.54) is 17.7 Å². The van der Waals surface area contributed by atoms with Crippen molar-refractivity contribution in [2.75, 3.05) is 46.6 Å². The number of aliphatic hydroxyl groups excluding tert-OH is 1. The topological polar surface area (TPSA) is 90.7 Å². The maximum atomic E-state index is 12.7. The summed E-state index contributed by atoms with van der Waals surface area (Å²) in [7, 11) is 1.62. The Morgan fingerprint density at radius 3 is 2.50 bits per heavy atom. The standard InChI is InChI=1S/C26H34N2O6/c1-31-20-7-9-21(10-8-20)32-14-4-5-25(29)27-22(18-28-12-2-3-13-28)26(30)19-6-11-23-24(17-19)34-16-15-33-23/h6-11,17,22,26,30H,2-5,12-16,18H2,1H3,(H,27,29)/p+1. The molecule has 2 aromatic carbocycles. The van der Waals surface area contributed by atoms with Gasteiger partial charge >= 0.3 is 0 Å². The van der Waals surface area contributed by atoms with Crippen molar-refractivity contribution < 1.29 is 33.7 Å². The number of hydrogen-bond acceptors (Lipinski definition) is 6. The predicted molar refractivity (Wildman–Crippen MR) is 127 cm³/mol. The van der Waals surface area contributed by atoms with Crippen molar-refractivity contribution in [3.05, 3.63) is 48.0 Å². The smallest absolute Gasteiger partial charge is 0.220 e. The number of carbonyl (C=O) groups excluding carboxylic acids is 1. The van der Waals surface area contributed by atoms with Crippen molar-refractivity contribution in [3.8, 4) is 23.0 Å². The molecule has 0 saturated carbocycles. The van der Waals surface area contributed by atoms with Crippen LogP contribution in [-0.4, -0.2) is 63.6 Å². The predicted octanol–water partition coefficient (Wildman–Crippen LogP) is 1.52. The third-order valence-electron chi connectivity index (χ3n) is 6.33. The molecule has 34 heavy (non-hydrogen) atoms. The number of methoxy groups -OCH3 is 1. The van der Waals surface area contributed by atoms with Gasteiger partial charge in [-0.15, -0.1) is 0 Å². The van der Waals surface area contributed by atoms with Crippen LogP contribution in [0.25, 0.3) is 0 Å². The number of amides is 1. The van der Waals surface area contributed by atoms with Gasteiger partial charge in [-0.25, -0.2) is 0 Å². The number of hydrogen-bond donors (Lipinski definition) is 3. The van der Waals surface area contributed by atoms with Gasteiger partial charge < -0.3 is 34.3 Å². The third kappa shape index (κ3) is 6.55. The fourth-order valence-electron chi connectivity index (χ4n) is 4.48. The fraction of sp³-hybridized carbons (Fsp3) is 0.500. The van der Waals surface area contributed by atoms with Crippen molar-refractivity contribution >= 4 is 5.91 Å². The molecule has 0 aliphatic carbocycles. The molecule has 2 heterocycles. The van der Waals surface area contributed by atoms with E-state index in [9.17, 15) is 9.90 Å². The molecule has 2 unspecified atom stereocenters. The Labute approximate surface area is 200 Å². The van der Waals surface area contributed by atoms with E-state index in [-0.39, 0.29) is 11.9 Å². The maximum absolute atomic E-state index is 12.7. The maximum Gasteiger partial charge on any atom is 0.220 e. The molecule has 2 aromatic rings. The van der Waals surface area contributed by atoms with Gasteiger partial charge in [-0.1, -0.05) is 6.07 Å². The molecule has 8 heteroatoms. The van der Waals surface area contributed by atoms with Crippen LogP contribution in [0.3, 0.4) is 0 Å². The highest BCUT2D eigenvalue weighted by atomic mass is 16.6. The summed E-state index contributed by atoms with van der Waals surface area (Å²) in [6.07, 6.45) is 2.44. The lowest BCUT2D eigenvalue weighted by Crippen LogP contribution is -3.11. The van der Waals surface area contributed by atoms with Gasteiger partial charge in [0, 0.05) is 19.3 Å². The van der Waals surface area contributed by atoms with Crippen LogP contribution in [0.2, 0.25) is 0 Å². The number of likely N-dealkylation sites (tertiary alicyclic amines) is 1. The second kappa shape index (κ2) is 11.9. The molecule has 0 spiro atoms. The molecule has 1 amide bonds. The SMILES string of the molecule is COc1ccc(OCCCC(=O)NC(C[NH+]2CCCC2)C(O)c2ccc3c(c2)OCCO3)cc1. The normalized spacial score (nSPS) is 17.1. The molecule has 0 bridgehead atoms. The Morgan fingerprint density at radius 2 is 1.76 bits per heavy atom. The summed E-state index contributed by atoms with van der Waals surface area (Å²) < 4.78 is 22.1. The molecule has 1 saturated heterocycles. The minimum atomic E-state index is -0.830. The van der Waals surface area contributed by atoms with E-state index in [1.54, 1.807) is 7.11 Å². The molecule has 0 aromatic heterocycles. The summed E-state index contributed by atoms with van der Waals surface area (Å²) in [5, 5.41) is 14.3. The van der Waals surface area contributed by atoms with E-state index in [2.05, 4.69) is 5.32 Å². The van der Waals surface area contributed by atoms with E-state index in [0.717, 1.165) is 30.2 Å². The molecular weight excluding hydrogens is 436 g/mol. The van der Waals surface area contributed by atoms with Crippen molar-refractivity contribution in [1.82, 2.24) is 5.32 Å². The second-order valence-electron chi connectivity index (χ2n) is 8.81. The van der Waals surface area contributed by atoms with Gasteiger partial charge in [0.15, 0.2) is 11.5 Å². The fourth-order valence-corrected chi connectivity index (χ4v) is 4.48. The first-order chi connectivity index (χ1) is 16.6. The van der Waals surface area contributed by atoms with Gasteiger partial charge in [-0.05, 0) is 48.4 Å². The first-order valence-electron chi connectivity index (χ1n) is 12.1. The molecule has 8 nitrogen and oxygen atoms in total. The van der Waals surface area contributed by atoms with Gasteiger partial charge in [-0.2, -0.15) is 0 Å². The van der Waals surface area contributed by atoms with Crippen molar-refractivity contribution in [2.24, 2.45) is 0 Å². The first-order valence-corrected chi connectivity index (χ1v) is 12.1. The molecule has 2 atom stereocenters. The molecule has 0 radical (unpaired) electrons. The van der Waals surface area contributed by atoms with Gasteiger partial charge in [0.1, 0.15) is 43.4 Å². The highest BCUT2D eigenvalue weighted by Gasteiger charge is 2.30. The minimum absolute atomic E-state index is 0.0847. The Kier molecular flexibility index (Phi) is 8.49. The summed E-state index contributed by atoms with van der Waals surface area (Å²) in [6, 6.07) is 12.5. The molecule has 1 fully saturated rings. The highest BCUT2D eigenvalue weighted by Crippen LogP contribution is 2.33. The Morgan fingerprint density at radius 1 is 1.06 bits per heavy atom. The molecule has 3 N–H and O–H groups in total. The minimum Gasteiger partial charge on any atom is -0.497 e. The van der Waals surface area contributed by atoms with Gasteiger partial charge in [0.2, 0.25) is 5.91 Å². The first kappa shape index (κ1) is 24.2. The van der Waals surface area contributed by atoms with Crippen LogP contribution in [0, 0.1) is 0 Å². The van der Waals surface area contributed by atoms with Crippen LogP contribution in [0.15, 0.2) is 42.5 Å². The van der Waals surface area contributed by atoms with Crippen molar-refractivity contribution in [1.29, 1.82) is 0 Å². The number of benzene rings is 2. The van der Waals surface area contributed by atoms with E-state index in [0.29, 0.717) is 50.7 Å². The molecule has 4 rings (SSSR count). The zero-order chi connectivity index (χ0) is 23.8. The lowest BCUT2D eigenvalue weighted by molar-refractivity contribution is -0.889. The number of carbonyl (C=O) groups is 1. The number of rotatable bonds is 11. The van der Waals surface area contributed by atoms with E-state index in [1.807, 2.05) is 42.5 Å². The van der Waals surface area contributed by atoms with Gasteiger partial charge in [0.25, 0.3) is 0 Å². The molecule has 2 aliphatic rings. The second-order valence-corrected chi connectivity index (χ2v) is 8.81.